The fourth-order valence-corrected chi connectivity index (χ4v) is 4.00. The first-order valence-corrected chi connectivity index (χ1v) is 9.93. The van der Waals surface area contributed by atoms with Gasteiger partial charge in [-0.2, -0.15) is 0 Å². The fourth-order valence-electron chi connectivity index (χ4n) is 1.19. The third-order valence-corrected chi connectivity index (χ3v) is 5.53. The number of hydrogen-bond donors (Lipinski definition) is 1. The van der Waals surface area contributed by atoms with Gasteiger partial charge in [0, 0.05) is 28.8 Å². The Morgan fingerprint density at radius 1 is 1.17 bits per heavy atom. The van der Waals surface area contributed by atoms with E-state index in [4.69, 9.17) is 5.73 Å². The summed E-state index contributed by atoms with van der Waals surface area (Å²) >= 11 is 1.29. The molecule has 0 bridgehead atoms. The van der Waals surface area contributed by atoms with Gasteiger partial charge >= 0.3 is 0 Å². The van der Waals surface area contributed by atoms with Gasteiger partial charge in [0.25, 0.3) is 0 Å². The molecule has 102 valence electrons. The molecule has 1 rings (SSSR count). The van der Waals surface area contributed by atoms with Crippen molar-refractivity contribution in [3.05, 3.63) is 18.2 Å². The van der Waals surface area contributed by atoms with Crippen molar-refractivity contribution in [2.45, 2.75) is 9.79 Å². The highest BCUT2D eigenvalue weighted by Gasteiger charge is 2.10. The second kappa shape index (κ2) is 5.50. The Hall–Kier alpha value is -0.730. The molecule has 5 nitrogen and oxygen atoms in total. The molecule has 1 aromatic rings. The van der Waals surface area contributed by atoms with Crippen molar-refractivity contribution in [1.82, 2.24) is 0 Å². The molecular formula is C10H15NO4S3. The Balaban J connectivity index is 2.81. The average Bonchev–Trinajstić information content (AvgIpc) is 2.17. The van der Waals surface area contributed by atoms with E-state index in [2.05, 4.69) is 0 Å². The Morgan fingerprint density at radius 2 is 1.78 bits per heavy atom. The van der Waals surface area contributed by atoms with Crippen LogP contribution < -0.4 is 5.73 Å². The number of nitrogens with two attached hydrogens (primary N) is 1. The molecule has 0 aromatic heterocycles. The van der Waals surface area contributed by atoms with E-state index in [0.717, 1.165) is 6.26 Å². The van der Waals surface area contributed by atoms with Crippen LogP contribution in [-0.4, -0.2) is 40.9 Å². The fraction of sp³-hybridized carbons (Fsp3) is 0.400. The van der Waals surface area contributed by atoms with Gasteiger partial charge in [0.15, 0.2) is 9.84 Å². The summed E-state index contributed by atoms with van der Waals surface area (Å²) in [6.45, 7) is 0. The van der Waals surface area contributed by atoms with Crippen molar-refractivity contribution in [3.63, 3.8) is 0 Å². The maximum absolute atomic E-state index is 11.3. The lowest BCUT2D eigenvalue weighted by Gasteiger charge is -2.06. The predicted molar refractivity (Wildman–Crippen MR) is 74.4 cm³/mol. The Bertz CT molecular complexity index is 635. The molecule has 0 spiro atoms. The lowest BCUT2D eigenvalue weighted by molar-refractivity contribution is 0.600. The lowest BCUT2D eigenvalue weighted by atomic mass is 10.3. The number of thioether (sulfide) groups is 1. The molecule has 0 aliphatic carbocycles. The van der Waals surface area contributed by atoms with Crippen LogP contribution in [0.5, 0.6) is 0 Å². The van der Waals surface area contributed by atoms with E-state index in [1.165, 1.54) is 30.2 Å². The molecule has 0 fully saturated rings. The van der Waals surface area contributed by atoms with Crippen molar-refractivity contribution in [2.24, 2.45) is 0 Å². The first-order valence-electron chi connectivity index (χ1n) is 5.00. The van der Waals surface area contributed by atoms with Crippen LogP contribution >= 0.6 is 11.8 Å². The van der Waals surface area contributed by atoms with Gasteiger partial charge in [-0.15, -0.1) is 11.8 Å². The molecule has 18 heavy (non-hydrogen) atoms. The number of rotatable bonds is 5. The Kier molecular flexibility index (Phi) is 4.68. The number of anilines is 1. The molecule has 0 saturated carbocycles. The summed E-state index contributed by atoms with van der Waals surface area (Å²) < 4.78 is 44.5. The molecule has 0 radical (unpaired) electrons. The lowest BCUT2D eigenvalue weighted by Crippen LogP contribution is -2.05. The highest BCUT2D eigenvalue weighted by Crippen LogP contribution is 2.27. The summed E-state index contributed by atoms with van der Waals surface area (Å²) in [6.07, 6.45) is 2.28. The Labute approximate surface area is 112 Å². The zero-order chi connectivity index (χ0) is 14.0. The van der Waals surface area contributed by atoms with Gasteiger partial charge < -0.3 is 5.73 Å². The third kappa shape index (κ3) is 4.87. The van der Waals surface area contributed by atoms with E-state index in [1.807, 2.05) is 0 Å². The Morgan fingerprint density at radius 3 is 2.22 bits per heavy atom. The molecular weight excluding hydrogens is 294 g/mol. The number of sulfone groups is 2. The van der Waals surface area contributed by atoms with E-state index in [-0.39, 0.29) is 10.6 Å². The van der Waals surface area contributed by atoms with Crippen molar-refractivity contribution in [3.8, 4) is 0 Å². The monoisotopic (exact) mass is 309 g/mol. The second-order valence-corrected chi connectivity index (χ2v) is 9.36. The first kappa shape index (κ1) is 15.3. The molecule has 8 heteroatoms. The molecule has 0 heterocycles. The van der Waals surface area contributed by atoms with Gasteiger partial charge in [0.05, 0.1) is 10.6 Å². The minimum atomic E-state index is -3.27. The molecule has 0 aliphatic rings. The summed E-state index contributed by atoms with van der Waals surface area (Å²) in [6, 6.07) is 4.45. The van der Waals surface area contributed by atoms with Gasteiger partial charge in [-0.1, -0.05) is 0 Å². The van der Waals surface area contributed by atoms with Crippen molar-refractivity contribution >= 4 is 37.1 Å². The zero-order valence-electron chi connectivity index (χ0n) is 10.1. The van der Waals surface area contributed by atoms with E-state index in [1.54, 1.807) is 6.07 Å². The van der Waals surface area contributed by atoms with Crippen LogP contribution in [0.3, 0.4) is 0 Å². The van der Waals surface area contributed by atoms with E-state index >= 15 is 0 Å². The van der Waals surface area contributed by atoms with Gasteiger partial charge in [-0.3, -0.25) is 0 Å². The van der Waals surface area contributed by atoms with Gasteiger partial charge in [0.1, 0.15) is 9.84 Å². The molecule has 0 amide bonds. The minimum absolute atomic E-state index is 0.0605. The largest absolute Gasteiger partial charge is 0.398 e. The SMILES string of the molecule is CS(=O)(=O)CCSc1ccc(S(C)(=O)=O)cc1N. The van der Waals surface area contributed by atoms with Crippen LogP contribution in [0.4, 0.5) is 5.69 Å². The molecule has 2 N–H and O–H groups in total. The van der Waals surface area contributed by atoms with E-state index in [9.17, 15) is 16.8 Å². The molecule has 0 atom stereocenters. The molecule has 1 aromatic carbocycles. The summed E-state index contributed by atoms with van der Waals surface area (Å²) in [4.78, 5) is 0.846. The quantitative estimate of drug-likeness (QED) is 0.639. The van der Waals surface area contributed by atoms with Crippen molar-refractivity contribution in [1.29, 1.82) is 0 Å². The molecule has 0 unspecified atom stereocenters. The standard InChI is InChI=1S/C10H15NO4S3/c1-17(12,13)6-5-16-10-4-3-8(7-9(10)11)18(2,14)15/h3-4,7H,5-6,11H2,1-2H3. The third-order valence-electron chi connectivity index (χ3n) is 2.12. The molecule has 0 aliphatic heterocycles. The van der Waals surface area contributed by atoms with Crippen LogP contribution in [0.1, 0.15) is 0 Å². The average molecular weight is 309 g/mol. The topological polar surface area (TPSA) is 94.3 Å². The summed E-state index contributed by atoms with van der Waals surface area (Å²) in [5, 5.41) is 0. The number of nitrogen functional groups attached to an aromatic ring is 1. The first-order chi connectivity index (χ1) is 8.09. The van der Waals surface area contributed by atoms with Crippen molar-refractivity contribution in [2.75, 3.05) is 29.8 Å². The number of benzene rings is 1. The van der Waals surface area contributed by atoms with E-state index < -0.39 is 19.7 Å². The van der Waals surface area contributed by atoms with Crippen LogP contribution in [0.2, 0.25) is 0 Å². The molecule has 0 saturated heterocycles. The highest BCUT2D eigenvalue weighted by molar-refractivity contribution is 8.00. The van der Waals surface area contributed by atoms with Crippen molar-refractivity contribution < 1.29 is 16.8 Å². The van der Waals surface area contributed by atoms with Crippen LogP contribution in [-0.2, 0) is 19.7 Å². The highest BCUT2D eigenvalue weighted by atomic mass is 32.2. The van der Waals surface area contributed by atoms with Gasteiger partial charge in [-0.05, 0) is 18.2 Å². The smallest absolute Gasteiger partial charge is 0.175 e. The van der Waals surface area contributed by atoms with E-state index in [0.29, 0.717) is 16.3 Å². The van der Waals surface area contributed by atoms with Gasteiger partial charge in [0.2, 0.25) is 0 Å². The van der Waals surface area contributed by atoms with Crippen LogP contribution in [0, 0.1) is 0 Å². The summed E-state index contributed by atoms with van der Waals surface area (Å²) in [5.74, 6) is 0.451. The maximum atomic E-state index is 11.3. The van der Waals surface area contributed by atoms with Crippen LogP contribution in [0.25, 0.3) is 0 Å². The maximum Gasteiger partial charge on any atom is 0.175 e. The minimum Gasteiger partial charge on any atom is -0.398 e. The zero-order valence-corrected chi connectivity index (χ0v) is 12.5. The van der Waals surface area contributed by atoms with Gasteiger partial charge in [-0.25, -0.2) is 16.8 Å². The predicted octanol–water partition coefficient (Wildman–Crippen LogP) is 0.809. The normalized spacial score (nSPS) is 12.6. The number of hydrogen-bond acceptors (Lipinski definition) is 6. The summed E-state index contributed by atoms with van der Waals surface area (Å²) in [5.41, 5.74) is 6.08. The van der Waals surface area contributed by atoms with Crippen LogP contribution in [0.15, 0.2) is 28.0 Å². The second-order valence-electron chi connectivity index (χ2n) is 3.95. The summed E-state index contributed by atoms with van der Waals surface area (Å²) in [7, 11) is -6.27.